The summed E-state index contributed by atoms with van der Waals surface area (Å²) in [4.78, 5) is 12.2. The van der Waals surface area contributed by atoms with E-state index in [1.54, 1.807) is 6.92 Å². The van der Waals surface area contributed by atoms with E-state index in [1.165, 1.54) is 16.7 Å². The van der Waals surface area contributed by atoms with Crippen LogP contribution in [0, 0.1) is 20.8 Å². The molecule has 0 saturated carbocycles. The van der Waals surface area contributed by atoms with Gasteiger partial charge >= 0.3 is 0 Å². The number of benzene rings is 1. The largest absolute Gasteiger partial charge is 0.368 e. The normalized spacial score (nSPS) is 10.4. The van der Waals surface area contributed by atoms with E-state index < -0.39 is 0 Å². The molecule has 0 radical (unpaired) electrons. The lowest BCUT2D eigenvalue weighted by molar-refractivity contribution is 0.957. The lowest BCUT2D eigenvalue weighted by atomic mass is 10.0. The number of aryl methyl sites for hydroxylation is 3. The van der Waals surface area contributed by atoms with Gasteiger partial charge in [-0.2, -0.15) is 15.0 Å². The molecule has 0 fully saturated rings. The lowest BCUT2D eigenvalue weighted by Gasteiger charge is -2.11. The molecule has 0 bridgehead atoms. The predicted octanol–water partition coefficient (Wildman–Crippen LogP) is 1.99. The molecule has 3 N–H and O–H groups in total. The third kappa shape index (κ3) is 2.74. The van der Waals surface area contributed by atoms with Gasteiger partial charge in [0.1, 0.15) is 5.82 Å². The van der Waals surface area contributed by atoms with E-state index in [2.05, 4.69) is 52.3 Å². The monoisotopic (exact) mass is 243 g/mol. The van der Waals surface area contributed by atoms with Gasteiger partial charge in [-0.25, -0.2) is 0 Å². The molecule has 0 unspecified atom stereocenters. The Morgan fingerprint density at radius 2 is 1.72 bits per heavy atom. The molecule has 5 heteroatoms. The van der Waals surface area contributed by atoms with E-state index in [-0.39, 0.29) is 5.95 Å². The Kier molecular flexibility index (Phi) is 3.41. The maximum absolute atomic E-state index is 5.59. The van der Waals surface area contributed by atoms with Crippen LogP contribution in [0.1, 0.15) is 22.5 Å². The van der Waals surface area contributed by atoms with Crippen LogP contribution in [-0.2, 0) is 6.54 Å². The van der Waals surface area contributed by atoms with Crippen molar-refractivity contribution in [3.8, 4) is 0 Å². The van der Waals surface area contributed by atoms with Gasteiger partial charge in [0.15, 0.2) is 0 Å². The highest BCUT2D eigenvalue weighted by molar-refractivity contribution is 5.38. The number of anilines is 2. The molecule has 18 heavy (non-hydrogen) atoms. The molecule has 2 rings (SSSR count). The van der Waals surface area contributed by atoms with Crippen LogP contribution >= 0.6 is 0 Å². The summed E-state index contributed by atoms with van der Waals surface area (Å²) in [7, 11) is 0. The Bertz CT molecular complexity index is 525. The highest BCUT2D eigenvalue weighted by Gasteiger charge is 2.04. The third-order valence-corrected chi connectivity index (χ3v) is 2.83. The lowest BCUT2D eigenvalue weighted by Crippen LogP contribution is -2.09. The summed E-state index contributed by atoms with van der Waals surface area (Å²) in [6, 6.07) is 6.24. The molecular weight excluding hydrogens is 226 g/mol. The molecule has 0 aliphatic carbocycles. The fourth-order valence-corrected chi connectivity index (χ4v) is 1.88. The second-order valence-corrected chi connectivity index (χ2v) is 4.29. The van der Waals surface area contributed by atoms with Crippen LogP contribution in [0.15, 0.2) is 18.2 Å². The van der Waals surface area contributed by atoms with Gasteiger partial charge in [-0.15, -0.1) is 0 Å². The van der Waals surface area contributed by atoms with E-state index in [1.807, 2.05) is 0 Å². The Hall–Kier alpha value is -2.17. The van der Waals surface area contributed by atoms with E-state index in [9.17, 15) is 0 Å². The summed E-state index contributed by atoms with van der Waals surface area (Å²) in [6.07, 6.45) is 0. The van der Waals surface area contributed by atoms with Crippen LogP contribution in [0.5, 0.6) is 0 Å². The zero-order valence-electron chi connectivity index (χ0n) is 10.9. The minimum atomic E-state index is 0.242. The van der Waals surface area contributed by atoms with Crippen LogP contribution in [0.2, 0.25) is 0 Å². The maximum atomic E-state index is 5.59. The second kappa shape index (κ2) is 5.00. The zero-order chi connectivity index (χ0) is 13.1. The average molecular weight is 243 g/mol. The van der Waals surface area contributed by atoms with Crippen molar-refractivity contribution in [2.75, 3.05) is 11.1 Å². The molecule has 0 aliphatic heterocycles. The first-order valence-corrected chi connectivity index (χ1v) is 5.83. The quantitative estimate of drug-likeness (QED) is 0.862. The van der Waals surface area contributed by atoms with E-state index in [4.69, 9.17) is 5.73 Å². The molecule has 2 aromatic rings. The smallest absolute Gasteiger partial charge is 0.227 e. The summed E-state index contributed by atoms with van der Waals surface area (Å²) < 4.78 is 0. The van der Waals surface area contributed by atoms with Crippen molar-refractivity contribution < 1.29 is 0 Å². The molecule has 0 spiro atoms. The van der Waals surface area contributed by atoms with Gasteiger partial charge in [0, 0.05) is 6.54 Å². The second-order valence-electron chi connectivity index (χ2n) is 4.29. The molecule has 0 amide bonds. The van der Waals surface area contributed by atoms with E-state index in [0.29, 0.717) is 18.3 Å². The van der Waals surface area contributed by atoms with Crippen LogP contribution in [-0.4, -0.2) is 15.0 Å². The van der Waals surface area contributed by atoms with Gasteiger partial charge < -0.3 is 11.1 Å². The highest BCUT2D eigenvalue weighted by Crippen LogP contribution is 2.14. The Morgan fingerprint density at radius 3 is 2.33 bits per heavy atom. The summed E-state index contributed by atoms with van der Waals surface area (Å²) in [5.74, 6) is 1.38. The number of rotatable bonds is 3. The van der Waals surface area contributed by atoms with Crippen molar-refractivity contribution in [1.82, 2.24) is 15.0 Å². The predicted molar refractivity (Wildman–Crippen MR) is 72.2 cm³/mol. The molecule has 0 saturated heterocycles. The zero-order valence-corrected chi connectivity index (χ0v) is 10.9. The molecule has 1 aromatic carbocycles. The van der Waals surface area contributed by atoms with E-state index in [0.717, 1.165) is 0 Å². The topological polar surface area (TPSA) is 76.7 Å². The van der Waals surface area contributed by atoms with Gasteiger partial charge in [0.25, 0.3) is 0 Å². The number of hydrogen-bond acceptors (Lipinski definition) is 5. The molecule has 94 valence electrons. The van der Waals surface area contributed by atoms with Gasteiger partial charge in [-0.05, 0) is 37.5 Å². The van der Waals surface area contributed by atoms with Crippen LogP contribution in [0.4, 0.5) is 11.9 Å². The Labute approximate surface area is 106 Å². The fraction of sp³-hybridized carbons (Fsp3) is 0.308. The van der Waals surface area contributed by atoms with Gasteiger partial charge in [-0.3, -0.25) is 0 Å². The summed E-state index contributed by atoms with van der Waals surface area (Å²) in [6.45, 7) is 6.66. The first-order valence-electron chi connectivity index (χ1n) is 5.83. The van der Waals surface area contributed by atoms with Crippen molar-refractivity contribution in [3.05, 3.63) is 40.7 Å². The minimum absolute atomic E-state index is 0.242. The SMILES string of the molecule is Cc1nc(N)nc(NCc2c(C)cccc2C)n1. The molecule has 0 aliphatic rings. The van der Waals surface area contributed by atoms with Gasteiger partial charge in [-0.1, -0.05) is 18.2 Å². The minimum Gasteiger partial charge on any atom is -0.368 e. The van der Waals surface area contributed by atoms with Crippen LogP contribution in [0.25, 0.3) is 0 Å². The van der Waals surface area contributed by atoms with Crippen molar-refractivity contribution in [2.24, 2.45) is 0 Å². The van der Waals surface area contributed by atoms with Crippen molar-refractivity contribution in [1.29, 1.82) is 0 Å². The van der Waals surface area contributed by atoms with Crippen LogP contribution < -0.4 is 11.1 Å². The first-order chi connectivity index (χ1) is 8.56. The number of nitrogens with two attached hydrogens (primary N) is 1. The summed E-state index contributed by atoms with van der Waals surface area (Å²) >= 11 is 0. The molecular formula is C13H17N5. The fourth-order valence-electron chi connectivity index (χ4n) is 1.88. The average Bonchev–Trinajstić information content (AvgIpc) is 2.27. The van der Waals surface area contributed by atoms with Crippen molar-refractivity contribution in [3.63, 3.8) is 0 Å². The number of nitrogen functional groups attached to an aromatic ring is 1. The molecule has 0 atom stereocenters. The molecule has 5 nitrogen and oxygen atoms in total. The molecule has 1 heterocycles. The van der Waals surface area contributed by atoms with Crippen molar-refractivity contribution in [2.45, 2.75) is 27.3 Å². The van der Waals surface area contributed by atoms with Gasteiger partial charge in [0.05, 0.1) is 0 Å². The number of hydrogen-bond donors (Lipinski definition) is 2. The Balaban J connectivity index is 2.16. The standard InChI is InChI=1S/C13H17N5/c1-8-5-4-6-9(2)11(8)7-15-13-17-10(3)16-12(14)18-13/h4-6H,7H2,1-3H3,(H3,14,15,16,17,18). The number of nitrogens with one attached hydrogen (secondary N) is 1. The maximum Gasteiger partial charge on any atom is 0.227 e. The summed E-state index contributed by atoms with van der Waals surface area (Å²) in [5, 5.41) is 3.18. The van der Waals surface area contributed by atoms with Crippen molar-refractivity contribution >= 4 is 11.9 Å². The van der Waals surface area contributed by atoms with E-state index >= 15 is 0 Å². The van der Waals surface area contributed by atoms with Gasteiger partial charge in [0.2, 0.25) is 11.9 Å². The number of nitrogens with zero attached hydrogens (tertiary/aromatic N) is 3. The Morgan fingerprint density at radius 1 is 1.06 bits per heavy atom. The third-order valence-electron chi connectivity index (χ3n) is 2.83. The number of aromatic nitrogens is 3. The molecule has 1 aromatic heterocycles. The summed E-state index contributed by atoms with van der Waals surface area (Å²) in [5.41, 5.74) is 9.35. The van der Waals surface area contributed by atoms with Crippen LogP contribution in [0.3, 0.4) is 0 Å². The highest BCUT2D eigenvalue weighted by atomic mass is 15.2. The first kappa shape index (κ1) is 12.3.